The van der Waals surface area contributed by atoms with Crippen LogP contribution in [0.4, 0.5) is 5.69 Å². The van der Waals surface area contributed by atoms with Gasteiger partial charge in [-0.1, -0.05) is 15.9 Å². The molecule has 5 nitrogen and oxygen atoms in total. The number of nitrogens with zero attached hydrogens (tertiary/aromatic N) is 2. The molecule has 0 radical (unpaired) electrons. The van der Waals surface area contributed by atoms with Gasteiger partial charge in [0.15, 0.2) is 5.69 Å². The van der Waals surface area contributed by atoms with E-state index in [9.17, 15) is 4.79 Å². The first-order chi connectivity index (χ1) is 9.63. The number of hydrogen-bond donors (Lipinski definition) is 1. The lowest BCUT2D eigenvalue weighted by Crippen LogP contribution is -2.16. The predicted molar refractivity (Wildman–Crippen MR) is 79.2 cm³/mol. The van der Waals surface area contributed by atoms with Gasteiger partial charge in [-0.2, -0.15) is 5.10 Å². The third-order valence-corrected chi connectivity index (χ3v) is 3.67. The summed E-state index contributed by atoms with van der Waals surface area (Å²) in [5.74, 6) is 0.440. The summed E-state index contributed by atoms with van der Waals surface area (Å²) in [6.45, 7) is 3.42. The van der Waals surface area contributed by atoms with E-state index < -0.39 is 0 Å². The van der Waals surface area contributed by atoms with E-state index in [-0.39, 0.29) is 5.91 Å². The van der Waals surface area contributed by atoms with Crippen molar-refractivity contribution < 1.29 is 9.53 Å². The monoisotopic (exact) mass is 335 g/mol. The number of rotatable bonds is 2. The minimum absolute atomic E-state index is 0.221. The molecule has 0 spiro atoms. The van der Waals surface area contributed by atoms with Crippen LogP contribution in [0.2, 0.25) is 0 Å². The van der Waals surface area contributed by atoms with E-state index in [4.69, 9.17) is 4.74 Å². The summed E-state index contributed by atoms with van der Waals surface area (Å²) in [5.41, 5.74) is 2.15. The average molecular weight is 336 g/mol. The van der Waals surface area contributed by atoms with Crippen LogP contribution in [0.1, 0.15) is 22.5 Å². The predicted octanol–water partition coefficient (Wildman–Crippen LogP) is 2.99. The van der Waals surface area contributed by atoms with Crippen molar-refractivity contribution in [1.82, 2.24) is 9.78 Å². The van der Waals surface area contributed by atoms with Crippen LogP contribution in [0.25, 0.3) is 0 Å². The van der Waals surface area contributed by atoms with Crippen molar-refractivity contribution in [1.29, 1.82) is 0 Å². The van der Waals surface area contributed by atoms with Gasteiger partial charge >= 0.3 is 0 Å². The molecule has 3 rings (SSSR count). The van der Waals surface area contributed by atoms with E-state index >= 15 is 0 Å². The van der Waals surface area contributed by atoms with Crippen molar-refractivity contribution >= 4 is 27.5 Å². The molecular weight excluding hydrogens is 322 g/mol. The molecule has 1 aliphatic rings. The third kappa shape index (κ3) is 2.56. The smallest absolute Gasteiger partial charge is 0.276 e. The van der Waals surface area contributed by atoms with Gasteiger partial charge < -0.3 is 10.1 Å². The van der Waals surface area contributed by atoms with Crippen LogP contribution >= 0.6 is 15.9 Å². The van der Waals surface area contributed by atoms with Gasteiger partial charge in [0.1, 0.15) is 0 Å². The van der Waals surface area contributed by atoms with Gasteiger partial charge in [0.25, 0.3) is 5.91 Å². The zero-order chi connectivity index (χ0) is 14.1. The number of halogens is 1. The summed E-state index contributed by atoms with van der Waals surface area (Å²) in [6, 6.07) is 7.40. The molecule has 6 heteroatoms. The van der Waals surface area contributed by atoms with Gasteiger partial charge in [-0.05, 0) is 30.7 Å². The molecule has 2 heterocycles. The van der Waals surface area contributed by atoms with E-state index in [1.807, 2.05) is 25.1 Å². The van der Waals surface area contributed by atoms with Crippen molar-refractivity contribution in [3.05, 3.63) is 40.0 Å². The molecule has 0 atom stereocenters. The molecule has 1 N–H and O–H groups in total. The number of hydrogen-bond acceptors (Lipinski definition) is 3. The molecule has 1 aromatic heterocycles. The second-order valence-electron chi connectivity index (χ2n) is 4.71. The molecule has 2 aromatic rings. The van der Waals surface area contributed by atoms with Crippen molar-refractivity contribution in [2.24, 2.45) is 0 Å². The van der Waals surface area contributed by atoms with E-state index in [0.29, 0.717) is 18.2 Å². The molecule has 0 fully saturated rings. The first kappa shape index (κ1) is 13.2. The Morgan fingerprint density at radius 1 is 1.45 bits per heavy atom. The fourth-order valence-corrected chi connectivity index (χ4v) is 2.61. The molecule has 104 valence electrons. The third-order valence-electron chi connectivity index (χ3n) is 3.18. The zero-order valence-corrected chi connectivity index (χ0v) is 12.6. The summed E-state index contributed by atoms with van der Waals surface area (Å²) < 4.78 is 8.17. The normalized spacial score (nSPS) is 13.5. The van der Waals surface area contributed by atoms with E-state index in [1.165, 1.54) is 0 Å². The van der Waals surface area contributed by atoms with Crippen molar-refractivity contribution in [3.8, 4) is 5.88 Å². The molecule has 0 aliphatic carbocycles. The minimum atomic E-state index is -0.221. The van der Waals surface area contributed by atoms with Crippen LogP contribution in [-0.2, 0) is 6.54 Å². The summed E-state index contributed by atoms with van der Waals surface area (Å²) in [7, 11) is 0. The lowest BCUT2D eigenvalue weighted by atomic mass is 10.2. The Bertz CT molecular complexity index is 643. The van der Waals surface area contributed by atoms with Gasteiger partial charge in [0.05, 0.1) is 6.61 Å². The van der Waals surface area contributed by atoms with Crippen LogP contribution in [0.3, 0.4) is 0 Å². The molecule has 0 unspecified atom stereocenters. The maximum Gasteiger partial charge on any atom is 0.276 e. The molecule has 1 amide bonds. The van der Waals surface area contributed by atoms with Crippen molar-refractivity contribution in [2.75, 3.05) is 11.9 Å². The second kappa shape index (κ2) is 5.28. The quantitative estimate of drug-likeness (QED) is 0.917. The highest BCUT2D eigenvalue weighted by molar-refractivity contribution is 9.10. The van der Waals surface area contributed by atoms with Crippen molar-refractivity contribution in [3.63, 3.8) is 0 Å². The number of carbonyl (C=O) groups excluding carboxylic acids is 1. The number of nitrogens with one attached hydrogen (secondary N) is 1. The SMILES string of the molecule is Cc1cc(Br)ccc1NC(=O)c1cc2n(n1)CCCO2. The summed E-state index contributed by atoms with van der Waals surface area (Å²) in [6.07, 6.45) is 0.918. The van der Waals surface area contributed by atoms with Gasteiger partial charge in [-0.3, -0.25) is 4.79 Å². The highest BCUT2D eigenvalue weighted by atomic mass is 79.9. The maximum absolute atomic E-state index is 12.2. The average Bonchev–Trinajstić information content (AvgIpc) is 2.86. The summed E-state index contributed by atoms with van der Waals surface area (Å²) in [5, 5.41) is 7.14. The fourth-order valence-electron chi connectivity index (χ4n) is 2.13. The van der Waals surface area contributed by atoms with E-state index in [0.717, 1.165) is 28.7 Å². The molecular formula is C14H14BrN3O2. The Morgan fingerprint density at radius 2 is 2.30 bits per heavy atom. The first-order valence-electron chi connectivity index (χ1n) is 6.41. The maximum atomic E-state index is 12.2. The first-order valence-corrected chi connectivity index (χ1v) is 7.21. The number of fused-ring (bicyclic) bond motifs is 1. The van der Waals surface area contributed by atoms with Crippen molar-refractivity contribution in [2.45, 2.75) is 19.9 Å². The number of aryl methyl sites for hydroxylation is 2. The number of carbonyl (C=O) groups is 1. The van der Waals surface area contributed by atoms with Gasteiger partial charge in [0, 0.05) is 29.2 Å². The Kier molecular flexibility index (Phi) is 3.48. The molecule has 20 heavy (non-hydrogen) atoms. The van der Waals surface area contributed by atoms with Gasteiger partial charge in [-0.25, -0.2) is 4.68 Å². The summed E-state index contributed by atoms with van der Waals surface area (Å²) >= 11 is 3.40. The minimum Gasteiger partial charge on any atom is -0.478 e. The Labute approximate surface area is 125 Å². The van der Waals surface area contributed by atoms with Gasteiger partial charge in [0.2, 0.25) is 5.88 Å². The standard InChI is InChI=1S/C14H14BrN3O2/c1-9-7-10(15)3-4-11(9)16-14(19)12-8-13-18(17-12)5-2-6-20-13/h3-4,7-8H,2,5-6H2,1H3,(H,16,19). The molecule has 1 aromatic carbocycles. The largest absolute Gasteiger partial charge is 0.478 e. The number of anilines is 1. The number of ether oxygens (including phenoxy) is 1. The lowest BCUT2D eigenvalue weighted by molar-refractivity contribution is 0.102. The molecule has 1 aliphatic heterocycles. The summed E-state index contributed by atoms with van der Waals surface area (Å²) in [4.78, 5) is 12.2. The van der Waals surface area contributed by atoms with Gasteiger partial charge in [-0.15, -0.1) is 0 Å². The molecule has 0 saturated heterocycles. The van der Waals surface area contributed by atoms with Crippen LogP contribution in [0, 0.1) is 6.92 Å². The molecule has 0 saturated carbocycles. The highest BCUT2D eigenvalue weighted by Gasteiger charge is 2.18. The van der Waals surface area contributed by atoms with Crippen LogP contribution < -0.4 is 10.1 Å². The topological polar surface area (TPSA) is 56.2 Å². The highest BCUT2D eigenvalue weighted by Crippen LogP contribution is 2.22. The Hall–Kier alpha value is -1.82. The van der Waals surface area contributed by atoms with Crippen LogP contribution in [-0.4, -0.2) is 22.3 Å². The van der Waals surface area contributed by atoms with E-state index in [1.54, 1.807) is 10.7 Å². The Morgan fingerprint density at radius 3 is 3.05 bits per heavy atom. The van der Waals surface area contributed by atoms with Crippen LogP contribution in [0.15, 0.2) is 28.7 Å². The number of amides is 1. The zero-order valence-electron chi connectivity index (χ0n) is 11.0. The second-order valence-corrected chi connectivity index (χ2v) is 5.62. The number of benzene rings is 1. The lowest BCUT2D eigenvalue weighted by Gasteiger charge is -2.13. The number of aromatic nitrogens is 2. The van der Waals surface area contributed by atoms with Crippen LogP contribution in [0.5, 0.6) is 5.88 Å². The Balaban J connectivity index is 1.80. The van der Waals surface area contributed by atoms with E-state index in [2.05, 4.69) is 26.3 Å². The fraction of sp³-hybridized carbons (Fsp3) is 0.286. The molecule has 0 bridgehead atoms.